The lowest BCUT2D eigenvalue weighted by Crippen LogP contribution is -2.26. The number of likely N-dealkylation sites (tertiary alicyclic amines) is 1. The van der Waals surface area contributed by atoms with E-state index < -0.39 is 0 Å². The van der Waals surface area contributed by atoms with E-state index in [1.807, 2.05) is 25.5 Å². The first-order chi connectivity index (χ1) is 7.33. The van der Waals surface area contributed by atoms with Gasteiger partial charge >= 0.3 is 0 Å². The third kappa shape index (κ3) is 2.19. The van der Waals surface area contributed by atoms with E-state index in [2.05, 4.69) is 28.3 Å². The van der Waals surface area contributed by atoms with Gasteiger partial charge in [-0.25, -0.2) is 0 Å². The van der Waals surface area contributed by atoms with Gasteiger partial charge in [0.1, 0.15) is 0 Å². The molecule has 0 bridgehead atoms. The molecule has 2 atom stereocenters. The number of aromatic nitrogens is 1. The van der Waals surface area contributed by atoms with E-state index in [0.717, 1.165) is 6.54 Å². The minimum atomic E-state index is 0.533. The van der Waals surface area contributed by atoms with Crippen LogP contribution in [-0.2, 0) is 0 Å². The molecule has 0 unspecified atom stereocenters. The number of nitrogens with zero attached hydrogens (tertiary/aromatic N) is 2. The van der Waals surface area contributed by atoms with Gasteiger partial charge in [-0.1, -0.05) is 6.07 Å². The standard InChI is InChI=1S/C12H19N3/c1-13-8-11-5-7-15(2)12(11)10-4-3-6-14-9-10/h3-4,6,9,11-13H,5,7-8H2,1-2H3/t11-,12-/m0/s1. The largest absolute Gasteiger partial charge is 0.319 e. The lowest BCUT2D eigenvalue weighted by molar-refractivity contribution is 0.274. The Balaban J connectivity index is 2.17. The number of nitrogens with one attached hydrogen (secondary N) is 1. The van der Waals surface area contributed by atoms with Crippen molar-refractivity contribution >= 4 is 0 Å². The van der Waals surface area contributed by atoms with Gasteiger partial charge in [0.05, 0.1) is 0 Å². The topological polar surface area (TPSA) is 28.2 Å². The highest BCUT2D eigenvalue weighted by molar-refractivity contribution is 5.16. The molecule has 0 spiro atoms. The van der Waals surface area contributed by atoms with Crippen molar-refractivity contribution in [1.29, 1.82) is 0 Å². The summed E-state index contributed by atoms with van der Waals surface area (Å²) in [5, 5.41) is 3.28. The molecule has 0 amide bonds. The van der Waals surface area contributed by atoms with Gasteiger partial charge < -0.3 is 5.32 Å². The van der Waals surface area contributed by atoms with Crippen LogP contribution in [-0.4, -0.2) is 37.1 Å². The number of hydrogen-bond donors (Lipinski definition) is 1. The Morgan fingerprint density at radius 2 is 2.47 bits per heavy atom. The van der Waals surface area contributed by atoms with Crippen LogP contribution < -0.4 is 5.32 Å². The van der Waals surface area contributed by atoms with Gasteiger partial charge in [-0.15, -0.1) is 0 Å². The second-order valence-electron chi connectivity index (χ2n) is 4.32. The van der Waals surface area contributed by atoms with Crippen molar-refractivity contribution in [2.75, 3.05) is 27.2 Å². The van der Waals surface area contributed by atoms with Crippen LogP contribution in [0.1, 0.15) is 18.0 Å². The molecule has 15 heavy (non-hydrogen) atoms. The van der Waals surface area contributed by atoms with E-state index in [-0.39, 0.29) is 0 Å². The van der Waals surface area contributed by atoms with E-state index in [1.54, 1.807) is 0 Å². The normalized spacial score (nSPS) is 27.1. The van der Waals surface area contributed by atoms with Crippen LogP contribution in [0.3, 0.4) is 0 Å². The van der Waals surface area contributed by atoms with Crippen molar-refractivity contribution in [2.45, 2.75) is 12.5 Å². The Hall–Kier alpha value is -0.930. The monoisotopic (exact) mass is 205 g/mol. The fourth-order valence-corrected chi connectivity index (χ4v) is 2.58. The Morgan fingerprint density at radius 1 is 1.60 bits per heavy atom. The van der Waals surface area contributed by atoms with E-state index >= 15 is 0 Å². The van der Waals surface area contributed by atoms with Crippen molar-refractivity contribution in [1.82, 2.24) is 15.2 Å². The predicted octanol–water partition coefficient (Wildman–Crippen LogP) is 1.29. The van der Waals surface area contributed by atoms with Gasteiger partial charge in [-0.3, -0.25) is 9.88 Å². The summed E-state index contributed by atoms with van der Waals surface area (Å²) in [6.45, 7) is 2.27. The minimum Gasteiger partial charge on any atom is -0.319 e. The molecular formula is C12H19N3. The van der Waals surface area contributed by atoms with E-state index in [9.17, 15) is 0 Å². The summed E-state index contributed by atoms with van der Waals surface area (Å²) in [6, 6.07) is 4.74. The zero-order valence-corrected chi connectivity index (χ0v) is 9.48. The van der Waals surface area contributed by atoms with Gasteiger partial charge in [0.25, 0.3) is 0 Å². The molecule has 1 aromatic heterocycles. The highest BCUT2D eigenvalue weighted by Crippen LogP contribution is 2.34. The summed E-state index contributed by atoms with van der Waals surface area (Å²) in [6.07, 6.45) is 5.11. The molecule has 3 heteroatoms. The average Bonchev–Trinajstić information content (AvgIpc) is 2.62. The van der Waals surface area contributed by atoms with Crippen molar-refractivity contribution in [3.05, 3.63) is 30.1 Å². The molecule has 1 N–H and O–H groups in total. The zero-order chi connectivity index (χ0) is 10.7. The molecular weight excluding hydrogens is 186 g/mol. The molecule has 1 fully saturated rings. The summed E-state index contributed by atoms with van der Waals surface area (Å²) in [7, 11) is 4.23. The summed E-state index contributed by atoms with van der Waals surface area (Å²) >= 11 is 0. The second-order valence-corrected chi connectivity index (χ2v) is 4.32. The number of hydrogen-bond acceptors (Lipinski definition) is 3. The van der Waals surface area contributed by atoms with Crippen molar-refractivity contribution in [2.24, 2.45) is 5.92 Å². The smallest absolute Gasteiger partial charge is 0.0401 e. The molecule has 0 radical (unpaired) electrons. The van der Waals surface area contributed by atoms with E-state index in [1.165, 1.54) is 18.5 Å². The first-order valence-corrected chi connectivity index (χ1v) is 5.57. The van der Waals surface area contributed by atoms with Gasteiger partial charge in [0, 0.05) is 18.4 Å². The SMILES string of the molecule is CNC[C@@H]1CCN(C)[C@H]1c1cccnc1. The molecule has 2 heterocycles. The lowest BCUT2D eigenvalue weighted by atomic mass is 9.95. The van der Waals surface area contributed by atoms with Crippen LogP contribution >= 0.6 is 0 Å². The van der Waals surface area contributed by atoms with Gasteiger partial charge in [-0.05, 0) is 51.2 Å². The highest BCUT2D eigenvalue weighted by atomic mass is 15.2. The molecule has 3 nitrogen and oxygen atoms in total. The Bertz CT molecular complexity index is 297. The van der Waals surface area contributed by atoms with Crippen molar-refractivity contribution in [3.8, 4) is 0 Å². The molecule has 0 aliphatic carbocycles. The maximum Gasteiger partial charge on any atom is 0.0401 e. The van der Waals surface area contributed by atoms with Crippen LogP contribution in [0.25, 0.3) is 0 Å². The van der Waals surface area contributed by atoms with Crippen molar-refractivity contribution in [3.63, 3.8) is 0 Å². The quantitative estimate of drug-likeness (QED) is 0.806. The third-order valence-electron chi connectivity index (χ3n) is 3.27. The molecule has 1 aromatic rings. The molecule has 1 aliphatic rings. The fraction of sp³-hybridized carbons (Fsp3) is 0.583. The van der Waals surface area contributed by atoms with Gasteiger partial charge in [0.15, 0.2) is 0 Å². The summed E-state index contributed by atoms with van der Waals surface area (Å²) in [5.74, 6) is 0.712. The van der Waals surface area contributed by atoms with Gasteiger partial charge in [-0.2, -0.15) is 0 Å². The zero-order valence-electron chi connectivity index (χ0n) is 9.48. The van der Waals surface area contributed by atoms with E-state index in [0.29, 0.717) is 12.0 Å². The van der Waals surface area contributed by atoms with Crippen LogP contribution in [0.5, 0.6) is 0 Å². The second kappa shape index (κ2) is 4.73. The fourth-order valence-electron chi connectivity index (χ4n) is 2.58. The van der Waals surface area contributed by atoms with Gasteiger partial charge in [0.2, 0.25) is 0 Å². The van der Waals surface area contributed by atoms with Crippen LogP contribution in [0, 0.1) is 5.92 Å². The third-order valence-corrected chi connectivity index (χ3v) is 3.27. The van der Waals surface area contributed by atoms with E-state index in [4.69, 9.17) is 0 Å². The molecule has 0 saturated carbocycles. The number of rotatable bonds is 3. The van der Waals surface area contributed by atoms with Crippen molar-refractivity contribution < 1.29 is 0 Å². The Morgan fingerprint density at radius 3 is 3.13 bits per heavy atom. The maximum absolute atomic E-state index is 4.21. The maximum atomic E-state index is 4.21. The Labute approximate surface area is 91.5 Å². The summed E-state index contributed by atoms with van der Waals surface area (Å²) in [5.41, 5.74) is 1.35. The first kappa shape index (κ1) is 10.6. The molecule has 1 aliphatic heterocycles. The van der Waals surface area contributed by atoms with Crippen LogP contribution in [0.15, 0.2) is 24.5 Å². The predicted molar refractivity (Wildman–Crippen MR) is 61.6 cm³/mol. The minimum absolute atomic E-state index is 0.533. The first-order valence-electron chi connectivity index (χ1n) is 5.57. The molecule has 0 aromatic carbocycles. The number of pyridine rings is 1. The highest BCUT2D eigenvalue weighted by Gasteiger charge is 2.32. The molecule has 2 rings (SSSR count). The van der Waals surface area contributed by atoms with Crippen LogP contribution in [0.2, 0.25) is 0 Å². The van der Waals surface area contributed by atoms with Crippen LogP contribution in [0.4, 0.5) is 0 Å². The molecule has 1 saturated heterocycles. The molecule has 82 valence electrons. The average molecular weight is 205 g/mol. The Kier molecular flexibility index (Phi) is 3.34. The summed E-state index contributed by atoms with van der Waals surface area (Å²) in [4.78, 5) is 6.64. The summed E-state index contributed by atoms with van der Waals surface area (Å²) < 4.78 is 0. The lowest BCUT2D eigenvalue weighted by Gasteiger charge is -2.25.